The summed E-state index contributed by atoms with van der Waals surface area (Å²) in [6, 6.07) is 6.36. The number of hydrogen-bond acceptors (Lipinski definition) is 3. The van der Waals surface area contributed by atoms with Crippen LogP contribution < -0.4 is 0 Å². The molecule has 0 unspecified atom stereocenters. The van der Waals surface area contributed by atoms with E-state index in [2.05, 4.69) is 39.0 Å². The lowest BCUT2D eigenvalue weighted by atomic mass is 10.2. The third-order valence-corrected chi connectivity index (χ3v) is 4.60. The first-order valence-corrected chi connectivity index (χ1v) is 6.77. The van der Waals surface area contributed by atoms with E-state index in [0.717, 1.165) is 9.28 Å². The van der Waals surface area contributed by atoms with Gasteiger partial charge in [0.2, 0.25) is 0 Å². The second kappa shape index (κ2) is 5.79. The van der Waals surface area contributed by atoms with Gasteiger partial charge in [0.1, 0.15) is 3.53 Å². The Morgan fingerprint density at radius 2 is 1.86 bits per heavy atom. The molecule has 0 aliphatic heterocycles. The Bertz CT molecular complexity index is 311. The highest BCUT2D eigenvalue weighted by molar-refractivity contribution is 8.47. The molecule has 0 spiro atoms. The molecule has 14 heavy (non-hydrogen) atoms. The van der Waals surface area contributed by atoms with Crippen molar-refractivity contribution in [2.45, 2.75) is 25.7 Å². The molecule has 0 aliphatic rings. The maximum absolute atomic E-state index is 5.28. The summed E-state index contributed by atoms with van der Waals surface area (Å²) in [7, 11) is 0. The second-order valence-corrected chi connectivity index (χ2v) is 6.48. The molecule has 0 fully saturated rings. The lowest BCUT2D eigenvalue weighted by molar-refractivity contribution is 1.22. The average Bonchev–Trinajstić information content (AvgIpc) is 2.12. The van der Waals surface area contributed by atoms with Gasteiger partial charge in [-0.25, -0.2) is 0 Å². The van der Waals surface area contributed by atoms with Crippen molar-refractivity contribution >= 4 is 39.3 Å². The highest BCUT2D eigenvalue weighted by Crippen LogP contribution is 2.31. The molecule has 0 radical (unpaired) electrons. The van der Waals surface area contributed by atoms with E-state index in [4.69, 9.17) is 12.2 Å². The molecule has 0 nitrogen and oxygen atoms in total. The Labute approximate surface area is 99.9 Å². The van der Waals surface area contributed by atoms with Gasteiger partial charge in [-0.1, -0.05) is 49.1 Å². The monoisotopic (exact) mass is 242 g/mol. The smallest absolute Gasteiger partial charge is 0.108 e. The third-order valence-electron chi connectivity index (χ3n) is 1.86. The van der Waals surface area contributed by atoms with Gasteiger partial charge < -0.3 is 0 Å². The molecule has 0 aromatic heterocycles. The summed E-state index contributed by atoms with van der Waals surface area (Å²) >= 11 is 8.73. The molecule has 0 bridgehead atoms. The van der Waals surface area contributed by atoms with Crippen LogP contribution in [0.5, 0.6) is 0 Å². The van der Waals surface area contributed by atoms with Gasteiger partial charge >= 0.3 is 0 Å². The Morgan fingerprint density at radius 3 is 2.36 bits per heavy atom. The molecule has 0 saturated heterocycles. The first-order chi connectivity index (χ1) is 6.65. The fourth-order valence-electron chi connectivity index (χ4n) is 1.19. The van der Waals surface area contributed by atoms with Gasteiger partial charge in [-0.3, -0.25) is 0 Å². The van der Waals surface area contributed by atoms with E-state index in [1.54, 1.807) is 23.5 Å². The molecule has 1 aromatic rings. The minimum absolute atomic E-state index is 1.02. The minimum Gasteiger partial charge on any atom is -0.108 e. The Kier molecular flexibility index (Phi) is 4.99. The van der Waals surface area contributed by atoms with Crippen LogP contribution in [0.3, 0.4) is 0 Å². The van der Waals surface area contributed by atoms with Crippen LogP contribution in [0.2, 0.25) is 0 Å². The molecule has 3 heteroatoms. The number of benzene rings is 1. The predicted molar refractivity (Wildman–Crippen MR) is 72.5 cm³/mol. The highest BCUT2D eigenvalue weighted by Gasteiger charge is 2.05. The molecule has 1 rings (SSSR count). The van der Waals surface area contributed by atoms with E-state index in [-0.39, 0.29) is 0 Å². The maximum atomic E-state index is 5.28. The zero-order chi connectivity index (χ0) is 10.6. The predicted octanol–water partition coefficient (Wildman–Crippen LogP) is 4.43. The minimum atomic E-state index is 1.02. The zero-order valence-corrected chi connectivity index (χ0v) is 11.1. The van der Waals surface area contributed by atoms with Gasteiger partial charge in [0, 0.05) is 4.90 Å². The van der Waals surface area contributed by atoms with Gasteiger partial charge in [-0.05, 0) is 30.7 Å². The second-order valence-electron chi connectivity index (χ2n) is 3.01. The normalized spacial score (nSPS) is 10.2. The molecular weight excluding hydrogens is 228 g/mol. The van der Waals surface area contributed by atoms with Crippen molar-refractivity contribution in [2.75, 3.05) is 5.75 Å². The van der Waals surface area contributed by atoms with E-state index in [0.29, 0.717) is 0 Å². The highest BCUT2D eigenvalue weighted by atomic mass is 32.2. The van der Waals surface area contributed by atoms with Gasteiger partial charge in [0.25, 0.3) is 0 Å². The number of aryl methyl sites for hydroxylation is 2. The number of thiocarbonyl (C=S) groups is 1. The van der Waals surface area contributed by atoms with Crippen molar-refractivity contribution in [3.05, 3.63) is 29.3 Å². The Balaban J connectivity index is 2.80. The number of rotatable bonds is 2. The van der Waals surface area contributed by atoms with Crippen molar-refractivity contribution < 1.29 is 0 Å². The van der Waals surface area contributed by atoms with Crippen LogP contribution in [-0.2, 0) is 0 Å². The molecule has 0 amide bonds. The average molecular weight is 242 g/mol. The van der Waals surface area contributed by atoms with Crippen LogP contribution in [0.1, 0.15) is 18.1 Å². The van der Waals surface area contributed by atoms with Crippen molar-refractivity contribution in [3.63, 3.8) is 0 Å². The van der Waals surface area contributed by atoms with Gasteiger partial charge in [-0.15, -0.1) is 11.8 Å². The van der Waals surface area contributed by atoms with E-state index in [1.807, 2.05) is 0 Å². The third kappa shape index (κ3) is 3.30. The summed E-state index contributed by atoms with van der Waals surface area (Å²) in [6.45, 7) is 6.39. The van der Waals surface area contributed by atoms with Crippen LogP contribution in [-0.4, -0.2) is 9.28 Å². The number of hydrogen-bond donors (Lipinski definition) is 0. The van der Waals surface area contributed by atoms with E-state index in [1.165, 1.54) is 16.0 Å². The Hall–Kier alpha value is 0.01000. The van der Waals surface area contributed by atoms with Crippen molar-refractivity contribution in [3.8, 4) is 0 Å². The summed E-state index contributed by atoms with van der Waals surface area (Å²) in [4.78, 5) is 1.32. The van der Waals surface area contributed by atoms with Crippen LogP contribution in [0.25, 0.3) is 0 Å². The summed E-state index contributed by atoms with van der Waals surface area (Å²) in [5.74, 6) is 1.05. The molecular formula is C11H14S3. The topological polar surface area (TPSA) is 0 Å². The van der Waals surface area contributed by atoms with E-state index in [9.17, 15) is 0 Å². The standard InChI is InChI=1S/C11H14S3/c1-4-13-11(12)14-10-8(2)6-5-7-9(10)3/h5-7H,4H2,1-3H3. The first-order valence-electron chi connectivity index (χ1n) is 4.56. The molecule has 0 aliphatic carbocycles. The fraction of sp³-hybridized carbons (Fsp3) is 0.364. The molecule has 1 aromatic carbocycles. The van der Waals surface area contributed by atoms with E-state index < -0.39 is 0 Å². The molecule has 76 valence electrons. The van der Waals surface area contributed by atoms with Crippen LogP contribution in [0.15, 0.2) is 23.1 Å². The quantitative estimate of drug-likeness (QED) is 0.556. The van der Waals surface area contributed by atoms with Crippen molar-refractivity contribution in [1.29, 1.82) is 0 Å². The summed E-state index contributed by atoms with van der Waals surface area (Å²) < 4.78 is 1.02. The van der Waals surface area contributed by atoms with Crippen molar-refractivity contribution in [1.82, 2.24) is 0 Å². The zero-order valence-electron chi connectivity index (χ0n) is 8.66. The number of thioether (sulfide) groups is 2. The Morgan fingerprint density at radius 1 is 1.29 bits per heavy atom. The van der Waals surface area contributed by atoms with Gasteiger partial charge in [0.05, 0.1) is 0 Å². The van der Waals surface area contributed by atoms with Crippen molar-refractivity contribution in [2.24, 2.45) is 0 Å². The van der Waals surface area contributed by atoms with E-state index >= 15 is 0 Å². The first kappa shape index (κ1) is 12.1. The maximum Gasteiger partial charge on any atom is 0.109 e. The summed E-state index contributed by atoms with van der Waals surface area (Å²) in [5.41, 5.74) is 2.63. The molecule has 0 saturated carbocycles. The largest absolute Gasteiger partial charge is 0.109 e. The molecule has 0 N–H and O–H groups in total. The SMILES string of the molecule is CCSC(=S)Sc1c(C)cccc1C. The van der Waals surface area contributed by atoms with Gasteiger partial charge in [0.15, 0.2) is 0 Å². The lowest BCUT2D eigenvalue weighted by Crippen LogP contribution is -1.88. The van der Waals surface area contributed by atoms with Gasteiger partial charge in [-0.2, -0.15) is 0 Å². The fourth-order valence-corrected chi connectivity index (χ4v) is 3.49. The molecule has 0 heterocycles. The lowest BCUT2D eigenvalue weighted by Gasteiger charge is -2.08. The van der Waals surface area contributed by atoms with Crippen LogP contribution >= 0.6 is 35.7 Å². The van der Waals surface area contributed by atoms with Crippen LogP contribution in [0, 0.1) is 13.8 Å². The summed E-state index contributed by atoms with van der Waals surface area (Å²) in [5, 5.41) is 0. The van der Waals surface area contributed by atoms with Crippen LogP contribution in [0.4, 0.5) is 0 Å². The summed E-state index contributed by atoms with van der Waals surface area (Å²) in [6.07, 6.45) is 0. The molecule has 0 atom stereocenters.